The van der Waals surface area contributed by atoms with Crippen LogP contribution in [0.1, 0.15) is 26.3 Å². The molecule has 68 heavy (non-hydrogen) atoms. The van der Waals surface area contributed by atoms with Crippen molar-refractivity contribution in [3.8, 4) is 78.7 Å². The number of benzene rings is 9. The average molecular weight is 932 g/mol. The van der Waals surface area contributed by atoms with Gasteiger partial charge in [-0.1, -0.05) is 68.3 Å². The molecule has 0 amide bonds. The van der Waals surface area contributed by atoms with Crippen LogP contribution in [0.4, 0.5) is 0 Å². The molecule has 0 N–H and O–H groups in total. The maximum Gasteiger partial charge on any atom is 1.00 e. The van der Waals surface area contributed by atoms with Gasteiger partial charge in [0.25, 0.3) is 0 Å². The number of nitrogens with zero attached hydrogens (tertiary/aromatic N) is 3. The maximum absolute atomic E-state index is 5.56. The van der Waals surface area contributed by atoms with E-state index >= 15 is 0 Å². The van der Waals surface area contributed by atoms with E-state index in [4.69, 9.17) is 14.9 Å². The second kappa shape index (κ2) is 28.6. The molecule has 0 atom stereocenters. The normalized spacial score (nSPS) is 10.0. The van der Waals surface area contributed by atoms with Crippen LogP contribution in [0.3, 0.4) is 0 Å². The quantitative estimate of drug-likeness (QED) is 0.113. The fraction of sp³-hybridized carbons (Fsp3) is 0.0968. The van der Waals surface area contributed by atoms with Gasteiger partial charge in [0.15, 0.2) is 11.6 Å². The molecule has 10 aromatic rings. The van der Waals surface area contributed by atoms with Crippen molar-refractivity contribution in [2.45, 2.75) is 27.7 Å². The first kappa shape index (κ1) is 54.1. The van der Waals surface area contributed by atoms with Crippen LogP contribution in [0.2, 0.25) is 0 Å². The molecule has 0 aliphatic rings. The molecule has 0 saturated carbocycles. The van der Waals surface area contributed by atoms with Crippen LogP contribution in [0.5, 0.6) is 5.75 Å². The zero-order valence-corrected chi connectivity index (χ0v) is 46.3. The Bertz CT molecular complexity index is 2760. The van der Waals surface area contributed by atoms with E-state index < -0.39 is 0 Å². The van der Waals surface area contributed by atoms with Gasteiger partial charge in [0.1, 0.15) is 5.75 Å². The van der Waals surface area contributed by atoms with Crippen LogP contribution in [0.25, 0.3) is 73.0 Å². The van der Waals surface area contributed by atoms with Crippen LogP contribution in [-0.2, 0) is 0 Å². The van der Waals surface area contributed by atoms with E-state index in [1.165, 1.54) is 0 Å². The van der Waals surface area contributed by atoms with Crippen molar-refractivity contribution < 1.29 is 108 Å². The standard InChI is InChI=1S/C34H25N3O.2C12H8.C4H10.2K/c1-24-18-29(23-32(19-24)38-2)33-35-36-34(37(33)31-16-10-5-11-17-31)30-21-27(25-12-6-3-7-13-25)20-28(22-30)26-14-8-4-9-15-26;2*1-3-7-11(8-4-1)12-9-5-2-6-10-12;1-4(2)3;;/h3-6,8,10-23H,1-2H3;2*1-7,9H;4H,1-3H3;;/q3*-2;;2*+1. The van der Waals surface area contributed by atoms with Gasteiger partial charge in [0, 0.05) is 16.8 Å². The van der Waals surface area contributed by atoms with Crippen LogP contribution in [0.15, 0.2) is 212 Å². The van der Waals surface area contributed by atoms with Gasteiger partial charge in [-0.2, -0.15) is 158 Å². The van der Waals surface area contributed by atoms with Gasteiger partial charge < -0.3 is 4.74 Å². The number of aryl methyl sites for hydroxylation is 1. The SMILES string of the molecule is CC(C)C.COc1cc(C)cc(-c2nnc(-c3cc(-c4c[c-]ccc4)cc(-c4c[c-]ccc4)c3)n2-c2ccccc2)c1.[K+].[K+].[c-]1ccccc1-c1[c-]cccc1.[c-]1ccccc1-c1[c-]cccc1. The molecule has 0 radical (unpaired) electrons. The Morgan fingerprint density at radius 2 is 0.824 bits per heavy atom. The van der Waals surface area contributed by atoms with Crippen molar-refractivity contribution >= 4 is 0 Å². The number of hydrogen-bond donors (Lipinski definition) is 0. The molecule has 0 unspecified atom stereocenters. The molecule has 9 aromatic carbocycles. The molecule has 0 spiro atoms. The fourth-order valence-electron chi connectivity index (χ4n) is 6.95. The Morgan fingerprint density at radius 1 is 0.426 bits per heavy atom. The Balaban J connectivity index is 0.000000233. The summed E-state index contributed by atoms with van der Waals surface area (Å²) in [5.41, 5.74) is 12.7. The molecule has 0 aliphatic carbocycles. The number of hydrogen-bond acceptors (Lipinski definition) is 3. The summed E-state index contributed by atoms with van der Waals surface area (Å²) >= 11 is 0. The molecule has 6 heteroatoms. The van der Waals surface area contributed by atoms with Crippen molar-refractivity contribution in [3.63, 3.8) is 0 Å². The maximum atomic E-state index is 5.56. The zero-order valence-electron chi connectivity index (χ0n) is 40.0. The number of ether oxygens (including phenoxy) is 1. The summed E-state index contributed by atoms with van der Waals surface area (Å²) in [4.78, 5) is 0. The second-order valence-electron chi connectivity index (χ2n) is 16.0. The summed E-state index contributed by atoms with van der Waals surface area (Å²) in [5.74, 6) is 3.13. The summed E-state index contributed by atoms with van der Waals surface area (Å²) in [6.07, 6.45) is 0. The van der Waals surface area contributed by atoms with E-state index in [0.717, 1.165) is 90.2 Å². The first-order valence-corrected chi connectivity index (χ1v) is 22.0. The average Bonchev–Trinajstić information content (AvgIpc) is 3.84. The third kappa shape index (κ3) is 15.9. The summed E-state index contributed by atoms with van der Waals surface area (Å²) < 4.78 is 7.68. The predicted octanol–water partition coefficient (Wildman–Crippen LogP) is 9.43. The van der Waals surface area contributed by atoms with E-state index in [1.807, 2.05) is 164 Å². The topological polar surface area (TPSA) is 39.9 Å². The molecule has 0 bridgehead atoms. The van der Waals surface area contributed by atoms with Crippen LogP contribution in [0, 0.1) is 49.2 Å². The summed E-state index contributed by atoms with van der Waals surface area (Å²) in [7, 11) is 1.68. The van der Waals surface area contributed by atoms with E-state index in [9.17, 15) is 0 Å². The van der Waals surface area contributed by atoms with E-state index in [2.05, 4.69) is 117 Å². The Labute approximate surface area is 489 Å². The predicted molar refractivity (Wildman–Crippen MR) is 272 cm³/mol. The van der Waals surface area contributed by atoms with Crippen LogP contribution in [-0.4, -0.2) is 21.9 Å². The molecule has 1 heterocycles. The number of aromatic nitrogens is 3. The van der Waals surface area contributed by atoms with Gasteiger partial charge in [-0.3, -0.25) is 4.57 Å². The van der Waals surface area contributed by atoms with Gasteiger partial charge in [-0.05, 0) is 48.7 Å². The molecule has 0 fully saturated rings. The van der Waals surface area contributed by atoms with Crippen molar-refractivity contribution in [1.82, 2.24) is 14.8 Å². The minimum atomic E-state index is 0. The van der Waals surface area contributed by atoms with Gasteiger partial charge in [0.2, 0.25) is 0 Å². The molecule has 4 nitrogen and oxygen atoms in total. The van der Waals surface area contributed by atoms with Crippen LogP contribution < -0.4 is 108 Å². The molecular weight excluding hydrogens is 881 g/mol. The molecule has 1 aromatic heterocycles. The monoisotopic (exact) mass is 931 g/mol. The molecule has 0 aliphatic heterocycles. The van der Waals surface area contributed by atoms with Gasteiger partial charge in [-0.25, -0.2) is 22.3 Å². The van der Waals surface area contributed by atoms with Crippen molar-refractivity contribution in [3.05, 3.63) is 254 Å². The third-order valence-electron chi connectivity index (χ3n) is 9.91. The van der Waals surface area contributed by atoms with Crippen molar-refractivity contribution in [1.29, 1.82) is 0 Å². The van der Waals surface area contributed by atoms with E-state index in [0.29, 0.717) is 0 Å². The molecule has 10 rings (SSSR count). The van der Waals surface area contributed by atoms with Gasteiger partial charge >= 0.3 is 103 Å². The van der Waals surface area contributed by atoms with E-state index in [1.54, 1.807) is 7.11 Å². The zero-order chi connectivity index (χ0) is 45.9. The summed E-state index contributed by atoms with van der Waals surface area (Å²) in [5, 5.41) is 9.46. The first-order chi connectivity index (χ1) is 32.4. The van der Waals surface area contributed by atoms with E-state index in [-0.39, 0.29) is 103 Å². The minimum absolute atomic E-state index is 0. The number of para-hydroxylation sites is 1. The van der Waals surface area contributed by atoms with Crippen LogP contribution >= 0.6 is 0 Å². The summed E-state index contributed by atoms with van der Waals surface area (Å²) in [6, 6.07) is 89.6. The second-order valence-corrected chi connectivity index (χ2v) is 16.0. The van der Waals surface area contributed by atoms with Crippen molar-refractivity contribution in [2.24, 2.45) is 5.92 Å². The largest absolute Gasteiger partial charge is 1.00 e. The Hall–Kier alpha value is -4.81. The van der Waals surface area contributed by atoms with Gasteiger partial charge in [0.05, 0.1) is 7.11 Å². The van der Waals surface area contributed by atoms with Gasteiger partial charge in [-0.15, -0.1) is 45.6 Å². The summed E-state index contributed by atoms with van der Waals surface area (Å²) in [6.45, 7) is 8.56. The molecule has 326 valence electrons. The smallest absolute Gasteiger partial charge is 0.497 e. The fourth-order valence-corrected chi connectivity index (χ4v) is 6.95. The Morgan fingerprint density at radius 3 is 1.19 bits per heavy atom. The number of methoxy groups -OCH3 is 1. The minimum Gasteiger partial charge on any atom is -0.497 e. The third-order valence-corrected chi connectivity index (χ3v) is 9.91. The Kier molecular flexibility index (Phi) is 22.8. The first-order valence-electron chi connectivity index (χ1n) is 22.0. The molecular formula is C62H51K2N3O-4. The number of rotatable bonds is 8. The van der Waals surface area contributed by atoms with Crippen molar-refractivity contribution in [2.75, 3.05) is 7.11 Å². The molecule has 0 saturated heterocycles.